The monoisotopic (exact) mass is 328 g/mol. The summed E-state index contributed by atoms with van der Waals surface area (Å²) in [5.41, 5.74) is 2.13. The standard InChI is InChI=1S/C20H32N4/c1-19(2)14-5-8-20(19,3)17(11-14)23-18-12-16(6-9-22-18)24-10-7-15(13-24)21-4/h6,9,12,14-15,17,21H,5,7-8,10-11,13H2,1-4H3,(H,22,23)/t14-,15?,17+,20+/m1/s1. The number of aromatic nitrogens is 1. The minimum atomic E-state index is 0.389. The van der Waals surface area contributed by atoms with Crippen molar-refractivity contribution in [2.45, 2.75) is 58.5 Å². The molecule has 2 saturated carbocycles. The van der Waals surface area contributed by atoms with Crippen molar-refractivity contribution in [2.24, 2.45) is 16.7 Å². The highest BCUT2D eigenvalue weighted by molar-refractivity contribution is 5.55. The van der Waals surface area contributed by atoms with E-state index in [2.05, 4.69) is 60.5 Å². The molecule has 4 nitrogen and oxygen atoms in total. The minimum absolute atomic E-state index is 0.389. The molecule has 1 aromatic rings. The zero-order valence-electron chi connectivity index (χ0n) is 15.6. The second-order valence-electron chi connectivity index (χ2n) is 8.93. The average molecular weight is 329 g/mol. The summed E-state index contributed by atoms with van der Waals surface area (Å²) < 4.78 is 0. The quantitative estimate of drug-likeness (QED) is 0.887. The van der Waals surface area contributed by atoms with E-state index in [4.69, 9.17) is 0 Å². The molecule has 0 spiro atoms. The molecule has 1 aromatic heterocycles. The van der Waals surface area contributed by atoms with Gasteiger partial charge in [0.15, 0.2) is 0 Å². The molecule has 24 heavy (non-hydrogen) atoms. The number of anilines is 2. The van der Waals surface area contributed by atoms with Crippen LogP contribution in [0.4, 0.5) is 11.5 Å². The van der Waals surface area contributed by atoms with Crippen LogP contribution in [0, 0.1) is 16.7 Å². The van der Waals surface area contributed by atoms with Gasteiger partial charge in [0.2, 0.25) is 0 Å². The van der Waals surface area contributed by atoms with Crippen molar-refractivity contribution in [1.82, 2.24) is 10.3 Å². The van der Waals surface area contributed by atoms with Gasteiger partial charge in [-0.15, -0.1) is 0 Å². The van der Waals surface area contributed by atoms with Gasteiger partial charge in [-0.25, -0.2) is 4.98 Å². The molecule has 2 heterocycles. The summed E-state index contributed by atoms with van der Waals surface area (Å²) in [5.74, 6) is 1.91. The molecule has 4 atom stereocenters. The Morgan fingerprint density at radius 1 is 1.25 bits per heavy atom. The lowest BCUT2D eigenvalue weighted by atomic mass is 9.69. The number of pyridine rings is 1. The molecule has 3 fully saturated rings. The minimum Gasteiger partial charge on any atom is -0.370 e. The van der Waals surface area contributed by atoms with Crippen LogP contribution in [0.5, 0.6) is 0 Å². The largest absolute Gasteiger partial charge is 0.370 e. The lowest BCUT2D eigenvalue weighted by Crippen LogP contribution is -2.40. The predicted molar refractivity (Wildman–Crippen MR) is 101 cm³/mol. The van der Waals surface area contributed by atoms with Gasteiger partial charge in [0.05, 0.1) is 0 Å². The average Bonchev–Trinajstić information content (AvgIpc) is 3.18. The van der Waals surface area contributed by atoms with Gasteiger partial charge < -0.3 is 15.5 Å². The van der Waals surface area contributed by atoms with Gasteiger partial charge in [-0.05, 0) is 55.5 Å². The van der Waals surface area contributed by atoms with Crippen LogP contribution in [0.15, 0.2) is 18.3 Å². The third kappa shape index (κ3) is 2.33. The van der Waals surface area contributed by atoms with Crippen molar-refractivity contribution in [3.63, 3.8) is 0 Å². The molecule has 4 rings (SSSR count). The van der Waals surface area contributed by atoms with E-state index in [0.29, 0.717) is 22.9 Å². The van der Waals surface area contributed by atoms with Crippen LogP contribution in [-0.4, -0.2) is 37.2 Å². The van der Waals surface area contributed by atoms with Gasteiger partial charge in [-0.2, -0.15) is 0 Å². The van der Waals surface area contributed by atoms with Crippen molar-refractivity contribution >= 4 is 11.5 Å². The molecule has 0 radical (unpaired) electrons. The van der Waals surface area contributed by atoms with Crippen LogP contribution in [0.3, 0.4) is 0 Å². The van der Waals surface area contributed by atoms with Crippen LogP contribution < -0.4 is 15.5 Å². The molecule has 2 bridgehead atoms. The molecule has 1 aliphatic heterocycles. The number of hydrogen-bond donors (Lipinski definition) is 2. The summed E-state index contributed by atoms with van der Waals surface area (Å²) in [7, 11) is 2.06. The number of nitrogens with zero attached hydrogens (tertiary/aromatic N) is 2. The van der Waals surface area contributed by atoms with Gasteiger partial charge in [-0.1, -0.05) is 20.8 Å². The topological polar surface area (TPSA) is 40.2 Å². The number of hydrogen-bond acceptors (Lipinski definition) is 4. The van der Waals surface area contributed by atoms with Crippen molar-refractivity contribution in [2.75, 3.05) is 30.4 Å². The summed E-state index contributed by atoms with van der Waals surface area (Å²) >= 11 is 0. The molecule has 2 aliphatic carbocycles. The van der Waals surface area contributed by atoms with E-state index in [1.807, 2.05) is 6.20 Å². The first kappa shape index (κ1) is 16.2. The van der Waals surface area contributed by atoms with E-state index in [9.17, 15) is 0 Å². The maximum Gasteiger partial charge on any atom is 0.128 e. The SMILES string of the molecule is CNC1CCN(c2ccnc(N[C@H]3C[C@H]4CC[C@]3(C)C4(C)C)c2)C1. The lowest BCUT2D eigenvalue weighted by Gasteiger charge is -2.39. The van der Waals surface area contributed by atoms with Gasteiger partial charge in [0.1, 0.15) is 5.82 Å². The van der Waals surface area contributed by atoms with Crippen LogP contribution in [0.2, 0.25) is 0 Å². The van der Waals surface area contributed by atoms with Gasteiger partial charge >= 0.3 is 0 Å². The summed E-state index contributed by atoms with van der Waals surface area (Å²) in [4.78, 5) is 7.10. The van der Waals surface area contributed by atoms with Gasteiger partial charge in [-0.3, -0.25) is 0 Å². The third-order valence-electron chi connectivity index (χ3n) is 7.82. The lowest BCUT2D eigenvalue weighted by molar-refractivity contribution is 0.142. The Hall–Kier alpha value is -1.29. The van der Waals surface area contributed by atoms with Crippen molar-refractivity contribution in [1.29, 1.82) is 0 Å². The fourth-order valence-electron chi connectivity index (χ4n) is 5.53. The fourth-order valence-corrected chi connectivity index (χ4v) is 5.53. The first-order valence-electron chi connectivity index (χ1n) is 9.59. The number of likely N-dealkylation sites (N-methyl/N-ethyl adjacent to an activating group) is 1. The molecule has 0 amide bonds. The first-order chi connectivity index (χ1) is 11.4. The molecule has 1 saturated heterocycles. The van der Waals surface area contributed by atoms with E-state index in [1.54, 1.807) is 0 Å². The van der Waals surface area contributed by atoms with Crippen molar-refractivity contribution < 1.29 is 0 Å². The van der Waals surface area contributed by atoms with E-state index >= 15 is 0 Å². The Kier molecular flexibility index (Phi) is 3.79. The predicted octanol–water partition coefficient (Wildman–Crippen LogP) is 3.51. The molecular formula is C20H32N4. The molecule has 1 unspecified atom stereocenters. The molecule has 3 aliphatic rings. The summed E-state index contributed by atoms with van der Waals surface area (Å²) in [6.07, 6.45) is 7.22. The highest BCUT2D eigenvalue weighted by Crippen LogP contribution is 2.65. The Labute approximate surface area is 146 Å². The highest BCUT2D eigenvalue weighted by Gasteiger charge is 2.61. The van der Waals surface area contributed by atoms with E-state index < -0.39 is 0 Å². The van der Waals surface area contributed by atoms with Gasteiger partial charge in [0, 0.05) is 43.1 Å². The zero-order valence-corrected chi connectivity index (χ0v) is 15.6. The molecular weight excluding hydrogens is 296 g/mol. The van der Waals surface area contributed by atoms with Crippen molar-refractivity contribution in [3.8, 4) is 0 Å². The molecule has 2 N–H and O–H groups in total. The Morgan fingerprint density at radius 2 is 2.08 bits per heavy atom. The number of fused-ring (bicyclic) bond motifs is 2. The van der Waals surface area contributed by atoms with Crippen LogP contribution >= 0.6 is 0 Å². The fraction of sp³-hybridized carbons (Fsp3) is 0.750. The Balaban J connectivity index is 1.50. The normalized spacial score (nSPS) is 37.2. The summed E-state index contributed by atoms with van der Waals surface area (Å²) in [6.45, 7) is 9.65. The van der Waals surface area contributed by atoms with E-state index in [1.165, 1.54) is 31.4 Å². The summed E-state index contributed by atoms with van der Waals surface area (Å²) in [6, 6.07) is 5.56. The van der Waals surface area contributed by atoms with E-state index in [0.717, 1.165) is 24.8 Å². The second-order valence-corrected chi connectivity index (χ2v) is 8.93. The smallest absolute Gasteiger partial charge is 0.128 e. The maximum absolute atomic E-state index is 4.62. The molecule has 4 heteroatoms. The third-order valence-corrected chi connectivity index (χ3v) is 7.82. The van der Waals surface area contributed by atoms with Gasteiger partial charge in [0.25, 0.3) is 0 Å². The van der Waals surface area contributed by atoms with Crippen LogP contribution in [0.1, 0.15) is 46.5 Å². The zero-order chi connectivity index (χ0) is 16.9. The van der Waals surface area contributed by atoms with E-state index in [-0.39, 0.29) is 0 Å². The summed E-state index contributed by atoms with van der Waals surface area (Å²) in [5, 5.41) is 7.20. The molecule has 0 aromatic carbocycles. The van der Waals surface area contributed by atoms with Crippen LogP contribution in [0.25, 0.3) is 0 Å². The van der Waals surface area contributed by atoms with Crippen molar-refractivity contribution in [3.05, 3.63) is 18.3 Å². The van der Waals surface area contributed by atoms with Crippen LogP contribution in [-0.2, 0) is 0 Å². The second kappa shape index (κ2) is 5.62. The highest BCUT2D eigenvalue weighted by atomic mass is 15.2. The Morgan fingerprint density at radius 3 is 2.71 bits per heavy atom. The number of nitrogens with one attached hydrogen (secondary N) is 2. The molecule has 132 valence electrons. The first-order valence-corrected chi connectivity index (χ1v) is 9.59. The number of rotatable bonds is 4. The Bertz CT molecular complexity index is 613. The maximum atomic E-state index is 4.62.